The van der Waals surface area contributed by atoms with E-state index in [0.717, 1.165) is 5.56 Å². The van der Waals surface area contributed by atoms with E-state index in [1.807, 2.05) is 0 Å². The Morgan fingerprint density at radius 2 is 2.21 bits per heavy atom. The normalized spacial score (nSPS) is 10.7. The summed E-state index contributed by atoms with van der Waals surface area (Å²) in [7, 11) is 0. The van der Waals surface area contributed by atoms with Crippen LogP contribution in [0, 0.1) is 0 Å². The number of benzene rings is 1. The van der Waals surface area contributed by atoms with Crippen molar-refractivity contribution in [3.63, 3.8) is 0 Å². The van der Waals surface area contributed by atoms with Crippen molar-refractivity contribution in [2.24, 2.45) is 16.0 Å². The van der Waals surface area contributed by atoms with E-state index in [-0.39, 0.29) is 12.4 Å². The van der Waals surface area contributed by atoms with E-state index >= 15 is 0 Å². The first-order valence-electron chi connectivity index (χ1n) is 3.86. The third kappa shape index (κ3) is 2.15. The number of amidine groups is 1. The second-order valence-electron chi connectivity index (χ2n) is 2.53. The topological polar surface area (TPSA) is 107 Å². The highest BCUT2D eigenvalue weighted by molar-refractivity contribution is 5.98. The van der Waals surface area contributed by atoms with Crippen LogP contribution in [0.3, 0.4) is 0 Å². The van der Waals surface area contributed by atoms with Crippen LogP contribution >= 0.6 is 0 Å². The van der Waals surface area contributed by atoms with Gasteiger partial charge in [-0.25, -0.2) is 0 Å². The van der Waals surface area contributed by atoms with Gasteiger partial charge in [0.15, 0.2) is 5.84 Å². The predicted octanol–water partition coefficient (Wildman–Crippen LogP) is 1.59. The average Bonchev–Trinajstić information content (AvgIpc) is 2.25. The first kappa shape index (κ1) is 9.88. The Morgan fingerprint density at radius 3 is 2.86 bits per heavy atom. The highest BCUT2D eigenvalue weighted by atomic mass is 16.4. The van der Waals surface area contributed by atoms with E-state index in [2.05, 4.69) is 15.2 Å². The first-order valence-corrected chi connectivity index (χ1v) is 3.86. The van der Waals surface area contributed by atoms with Crippen LogP contribution in [0.1, 0.15) is 11.1 Å². The first-order chi connectivity index (χ1) is 6.79. The Labute approximate surface area is 80.3 Å². The highest BCUT2D eigenvalue weighted by Crippen LogP contribution is 2.09. The molecule has 0 fully saturated rings. The molecule has 0 radical (unpaired) electrons. The standard InChI is InChI=1S/C8H9N5O/c9-8(12-14)7-4-2-1-3-6(7)5-11-13-10/h1-4,14H,5H2,(H2,9,12). The largest absolute Gasteiger partial charge is 0.409 e. The molecule has 1 aromatic rings. The van der Waals surface area contributed by atoms with Crippen LogP contribution in [0.4, 0.5) is 0 Å². The molecule has 0 aromatic heterocycles. The number of hydrogen-bond donors (Lipinski definition) is 2. The lowest BCUT2D eigenvalue weighted by Gasteiger charge is -2.04. The van der Waals surface area contributed by atoms with Crippen LogP contribution in [0.2, 0.25) is 0 Å². The number of nitrogens with zero attached hydrogens (tertiary/aromatic N) is 4. The lowest BCUT2D eigenvalue weighted by atomic mass is 10.1. The maximum Gasteiger partial charge on any atom is 0.170 e. The molecule has 6 nitrogen and oxygen atoms in total. The second-order valence-corrected chi connectivity index (χ2v) is 2.53. The molecule has 0 aliphatic heterocycles. The minimum atomic E-state index is 0.00809. The van der Waals surface area contributed by atoms with Crippen LogP contribution in [-0.2, 0) is 6.54 Å². The lowest BCUT2D eigenvalue weighted by Crippen LogP contribution is -2.15. The van der Waals surface area contributed by atoms with Gasteiger partial charge in [-0.2, -0.15) is 0 Å². The van der Waals surface area contributed by atoms with Crippen molar-refractivity contribution >= 4 is 5.84 Å². The molecule has 0 bridgehead atoms. The molecule has 0 aliphatic carbocycles. The fourth-order valence-corrected chi connectivity index (χ4v) is 1.07. The molecule has 0 amide bonds. The fraction of sp³-hybridized carbons (Fsp3) is 0.125. The molecule has 0 saturated carbocycles. The Morgan fingerprint density at radius 1 is 1.50 bits per heavy atom. The molecule has 0 saturated heterocycles. The molecule has 6 heteroatoms. The number of nitrogens with two attached hydrogens (primary N) is 1. The molecule has 1 rings (SSSR count). The summed E-state index contributed by atoms with van der Waals surface area (Å²) >= 11 is 0. The molecular formula is C8H9N5O. The lowest BCUT2D eigenvalue weighted by molar-refractivity contribution is 0.318. The van der Waals surface area contributed by atoms with Crippen molar-refractivity contribution in [1.82, 2.24) is 0 Å². The molecule has 0 unspecified atom stereocenters. The van der Waals surface area contributed by atoms with E-state index in [4.69, 9.17) is 16.5 Å². The van der Waals surface area contributed by atoms with Gasteiger partial charge in [0.25, 0.3) is 0 Å². The van der Waals surface area contributed by atoms with Crippen molar-refractivity contribution in [2.75, 3.05) is 0 Å². The van der Waals surface area contributed by atoms with Crippen LogP contribution in [0.25, 0.3) is 10.4 Å². The van der Waals surface area contributed by atoms with E-state index < -0.39 is 0 Å². The minimum absolute atomic E-state index is 0.00809. The Bertz CT molecular complexity index is 394. The number of azide groups is 1. The van der Waals surface area contributed by atoms with Crippen molar-refractivity contribution in [2.45, 2.75) is 6.54 Å². The van der Waals surface area contributed by atoms with Gasteiger partial charge in [-0.1, -0.05) is 34.5 Å². The summed E-state index contributed by atoms with van der Waals surface area (Å²) in [5.74, 6) is 0.00809. The molecule has 0 atom stereocenters. The summed E-state index contributed by atoms with van der Waals surface area (Å²) in [6.07, 6.45) is 0. The van der Waals surface area contributed by atoms with Crippen LogP contribution < -0.4 is 5.73 Å². The molecule has 1 aromatic carbocycles. The molecule has 3 N–H and O–H groups in total. The third-order valence-electron chi connectivity index (χ3n) is 1.71. The van der Waals surface area contributed by atoms with E-state index in [1.165, 1.54) is 0 Å². The predicted molar refractivity (Wildman–Crippen MR) is 51.8 cm³/mol. The molecule has 72 valence electrons. The minimum Gasteiger partial charge on any atom is -0.409 e. The van der Waals surface area contributed by atoms with E-state index in [0.29, 0.717) is 5.56 Å². The van der Waals surface area contributed by atoms with Gasteiger partial charge in [0, 0.05) is 10.5 Å². The summed E-state index contributed by atoms with van der Waals surface area (Å²) in [4.78, 5) is 2.64. The smallest absolute Gasteiger partial charge is 0.170 e. The third-order valence-corrected chi connectivity index (χ3v) is 1.71. The average molecular weight is 191 g/mol. The summed E-state index contributed by atoms with van der Waals surface area (Å²) in [5, 5.41) is 14.8. The van der Waals surface area contributed by atoms with Crippen molar-refractivity contribution in [3.05, 3.63) is 45.8 Å². The zero-order valence-corrected chi connectivity index (χ0v) is 7.33. The van der Waals surface area contributed by atoms with Gasteiger partial charge in [-0.05, 0) is 11.1 Å². The van der Waals surface area contributed by atoms with Gasteiger partial charge in [0.2, 0.25) is 0 Å². The van der Waals surface area contributed by atoms with Gasteiger partial charge in [-0.15, -0.1) is 0 Å². The van der Waals surface area contributed by atoms with Crippen LogP contribution in [-0.4, -0.2) is 11.0 Å². The van der Waals surface area contributed by atoms with Gasteiger partial charge in [0.1, 0.15) is 0 Å². The summed E-state index contributed by atoms with van der Waals surface area (Å²) < 4.78 is 0. The van der Waals surface area contributed by atoms with Crippen molar-refractivity contribution in [1.29, 1.82) is 0 Å². The van der Waals surface area contributed by atoms with Crippen LogP contribution in [0.5, 0.6) is 0 Å². The zero-order valence-electron chi connectivity index (χ0n) is 7.33. The Hall–Kier alpha value is -2.20. The number of oxime groups is 1. The van der Waals surface area contributed by atoms with Gasteiger partial charge < -0.3 is 10.9 Å². The molecular weight excluding hydrogens is 182 g/mol. The van der Waals surface area contributed by atoms with Gasteiger partial charge in [-0.3, -0.25) is 0 Å². The highest BCUT2D eigenvalue weighted by Gasteiger charge is 2.04. The van der Waals surface area contributed by atoms with E-state index in [9.17, 15) is 0 Å². The molecule has 0 heterocycles. The Balaban J connectivity index is 3.08. The van der Waals surface area contributed by atoms with Crippen molar-refractivity contribution < 1.29 is 5.21 Å². The van der Waals surface area contributed by atoms with E-state index in [1.54, 1.807) is 24.3 Å². The van der Waals surface area contributed by atoms with Gasteiger partial charge >= 0.3 is 0 Å². The Kier molecular flexibility index (Phi) is 3.34. The number of rotatable bonds is 3. The fourth-order valence-electron chi connectivity index (χ4n) is 1.07. The second kappa shape index (κ2) is 4.74. The summed E-state index contributed by atoms with van der Waals surface area (Å²) in [6, 6.07) is 6.99. The zero-order chi connectivity index (χ0) is 10.4. The maximum atomic E-state index is 8.50. The molecule has 0 aliphatic rings. The number of hydrogen-bond acceptors (Lipinski definition) is 3. The SMILES string of the molecule is [N-]=[N+]=NCc1ccccc1/C(N)=N/O. The van der Waals surface area contributed by atoms with Gasteiger partial charge in [0.05, 0.1) is 6.54 Å². The monoisotopic (exact) mass is 191 g/mol. The van der Waals surface area contributed by atoms with Crippen molar-refractivity contribution in [3.8, 4) is 0 Å². The summed E-state index contributed by atoms with van der Waals surface area (Å²) in [6.45, 7) is 0.183. The maximum absolute atomic E-state index is 8.50. The molecule has 0 spiro atoms. The molecule has 14 heavy (non-hydrogen) atoms. The quantitative estimate of drug-likeness (QED) is 0.144. The van der Waals surface area contributed by atoms with Crippen LogP contribution in [0.15, 0.2) is 34.5 Å². The summed E-state index contributed by atoms with van der Waals surface area (Å²) in [5.41, 5.74) is 14.9.